The van der Waals surface area contributed by atoms with E-state index < -0.39 is 11.7 Å². The summed E-state index contributed by atoms with van der Waals surface area (Å²) >= 11 is 0. The van der Waals surface area contributed by atoms with E-state index in [1.807, 2.05) is 23.1 Å². The Morgan fingerprint density at radius 3 is 2.56 bits per heavy atom. The van der Waals surface area contributed by atoms with Crippen molar-refractivity contribution < 1.29 is 18.0 Å². The fourth-order valence-electron chi connectivity index (χ4n) is 5.30. The molecule has 0 saturated carbocycles. The van der Waals surface area contributed by atoms with Gasteiger partial charge in [-0.05, 0) is 75.3 Å². The average Bonchev–Trinajstić information content (AvgIpc) is 3.28. The van der Waals surface area contributed by atoms with Crippen molar-refractivity contribution in [1.82, 2.24) is 20.0 Å². The molecule has 1 amide bonds. The highest BCUT2D eigenvalue weighted by Gasteiger charge is 2.34. The van der Waals surface area contributed by atoms with Crippen molar-refractivity contribution in [2.75, 3.05) is 19.6 Å². The maximum absolute atomic E-state index is 13.5. The standard InChI is InChI=1S/C28H31F3N4O/c29-28(30,31)21-10-7-11-23(18-21)35-25-13-12-22(32-15-14-20-8-3-1-4-9-20)19-24(25)26(33-35)27(36)34-16-5-2-6-17-34/h1,3-4,7-11,18,22,32H,2,5-6,12-17,19H2. The molecule has 1 aliphatic heterocycles. The van der Waals surface area contributed by atoms with Crippen LogP contribution in [0.2, 0.25) is 0 Å². The molecule has 1 N–H and O–H groups in total. The molecule has 0 bridgehead atoms. The van der Waals surface area contributed by atoms with E-state index in [4.69, 9.17) is 0 Å². The Kier molecular flexibility index (Phi) is 7.14. The zero-order chi connectivity index (χ0) is 25.1. The predicted octanol–water partition coefficient (Wildman–Crippen LogP) is 5.21. The van der Waals surface area contributed by atoms with Crippen molar-refractivity contribution in [2.45, 2.75) is 57.2 Å². The van der Waals surface area contributed by atoms with Crippen LogP contribution >= 0.6 is 0 Å². The first kappa shape index (κ1) is 24.6. The number of hydrogen-bond donors (Lipinski definition) is 1. The van der Waals surface area contributed by atoms with Gasteiger partial charge in [0.15, 0.2) is 5.69 Å². The number of halogens is 3. The van der Waals surface area contributed by atoms with Crippen LogP contribution in [0.4, 0.5) is 13.2 Å². The van der Waals surface area contributed by atoms with Crippen LogP contribution in [0.5, 0.6) is 0 Å². The van der Waals surface area contributed by atoms with Crippen molar-refractivity contribution >= 4 is 5.91 Å². The molecule has 2 aromatic carbocycles. The Hall–Kier alpha value is -3.13. The monoisotopic (exact) mass is 496 g/mol. The quantitative estimate of drug-likeness (QED) is 0.510. The normalized spacial score (nSPS) is 18.2. The molecule has 190 valence electrons. The third-order valence-corrected chi connectivity index (χ3v) is 7.22. The van der Waals surface area contributed by atoms with Crippen LogP contribution in [0, 0.1) is 0 Å². The van der Waals surface area contributed by atoms with E-state index in [1.165, 1.54) is 11.6 Å². The lowest BCUT2D eigenvalue weighted by Gasteiger charge is -2.28. The number of nitrogens with zero attached hydrogens (tertiary/aromatic N) is 3. The van der Waals surface area contributed by atoms with Crippen LogP contribution in [0.15, 0.2) is 54.6 Å². The number of likely N-dealkylation sites (tertiary alicyclic amines) is 1. The third-order valence-electron chi connectivity index (χ3n) is 7.22. The third kappa shape index (κ3) is 5.33. The van der Waals surface area contributed by atoms with Crippen LogP contribution in [0.1, 0.15) is 58.6 Å². The second-order valence-corrected chi connectivity index (χ2v) is 9.72. The molecular formula is C28H31F3N4O. The van der Waals surface area contributed by atoms with Gasteiger partial charge in [-0.1, -0.05) is 36.4 Å². The summed E-state index contributed by atoms with van der Waals surface area (Å²) in [6, 6.07) is 15.7. The van der Waals surface area contributed by atoms with Gasteiger partial charge >= 0.3 is 6.18 Å². The van der Waals surface area contributed by atoms with Gasteiger partial charge in [-0.25, -0.2) is 4.68 Å². The fourth-order valence-corrected chi connectivity index (χ4v) is 5.30. The summed E-state index contributed by atoms with van der Waals surface area (Å²) in [5.41, 5.74) is 2.99. The summed E-state index contributed by atoms with van der Waals surface area (Å²) in [6.07, 6.45) is 1.62. The number of alkyl halides is 3. The minimum atomic E-state index is -4.44. The Bertz CT molecular complexity index is 1200. The van der Waals surface area contributed by atoms with Gasteiger partial charge in [0.25, 0.3) is 5.91 Å². The number of hydrogen-bond acceptors (Lipinski definition) is 3. The Balaban J connectivity index is 1.42. The number of fused-ring (bicyclic) bond motifs is 1. The van der Waals surface area contributed by atoms with Gasteiger partial charge in [0, 0.05) is 30.4 Å². The number of nitrogens with one attached hydrogen (secondary N) is 1. The highest BCUT2D eigenvalue weighted by molar-refractivity contribution is 5.94. The molecule has 0 spiro atoms. The van der Waals surface area contributed by atoms with Gasteiger partial charge in [-0.15, -0.1) is 0 Å². The van der Waals surface area contributed by atoms with E-state index >= 15 is 0 Å². The molecule has 1 saturated heterocycles. The maximum Gasteiger partial charge on any atom is 0.416 e. The van der Waals surface area contributed by atoms with Crippen molar-refractivity contribution in [1.29, 1.82) is 0 Å². The van der Waals surface area contributed by atoms with Crippen LogP contribution < -0.4 is 5.32 Å². The molecule has 1 aliphatic carbocycles. The van der Waals surface area contributed by atoms with E-state index in [1.54, 1.807) is 10.7 Å². The molecule has 5 rings (SSSR count). The highest BCUT2D eigenvalue weighted by Crippen LogP contribution is 2.33. The van der Waals surface area contributed by atoms with E-state index in [0.717, 1.165) is 62.0 Å². The average molecular weight is 497 g/mol. The second-order valence-electron chi connectivity index (χ2n) is 9.72. The number of amides is 1. The molecular weight excluding hydrogens is 465 g/mol. The molecule has 1 unspecified atom stereocenters. The maximum atomic E-state index is 13.5. The van der Waals surface area contributed by atoms with Gasteiger partial charge < -0.3 is 10.2 Å². The van der Waals surface area contributed by atoms with Crippen LogP contribution in [0.25, 0.3) is 5.69 Å². The summed E-state index contributed by atoms with van der Waals surface area (Å²) in [7, 11) is 0. The molecule has 2 heterocycles. The lowest BCUT2D eigenvalue weighted by Crippen LogP contribution is -2.38. The van der Waals surface area contributed by atoms with Crippen LogP contribution in [-0.4, -0.2) is 46.3 Å². The van der Waals surface area contributed by atoms with Gasteiger partial charge in [0.2, 0.25) is 0 Å². The predicted molar refractivity (Wildman–Crippen MR) is 132 cm³/mol. The lowest BCUT2D eigenvalue weighted by atomic mass is 9.90. The minimum absolute atomic E-state index is 0.110. The number of piperidine rings is 1. The largest absolute Gasteiger partial charge is 0.416 e. The first-order chi connectivity index (χ1) is 17.4. The Morgan fingerprint density at radius 1 is 1.03 bits per heavy atom. The van der Waals surface area contributed by atoms with Gasteiger partial charge in [0.1, 0.15) is 0 Å². The summed E-state index contributed by atoms with van der Waals surface area (Å²) in [6.45, 7) is 2.22. The number of rotatable bonds is 6. The Labute approximate surface area is 209 Å². The molecule has 5 nitrogen and oxygen atoms in total. The molecule has 0 radical (unpaired) electrons. The first-order valence-corrected chi connectivity index (χ1v) is 12.7. The summed E-state index contributed by atoms with van der Waals surface area (Å²) in [4.78, 5) is 15.3. The fraction of sp³-hybridized carbons (Fsp3) is 0.429. The van der Waals surface area contributed by atoms with Gasteiger partial charge in [-0.2, -0.15) is 18.3 Å². The van der Waals surface area contributed by atoms with Crippen molar-refractivity contribution in [3.63, 3.8) is 0 Å². The summed E-state index contributed by atoms with van der Waals surface area (Å²) in [5.74, 6) is -0.110. The van der Waals surface area contributed by atoms with Crippen LogP contribution in [0.3, 0.4) is 0 Å². The van der Waals surface area contributed by atoms with Gasteiger partial charge in [-0.3, -0.25) is 4.79 Å². The number of carbonyl (C=O) groups is 1. The lowest BCUT2D eigenvalue weighted by molar-refractivity contribution is -0.137. The second kappa shape index (κ2) is 10.5. The Morgan fingerprint density at radius 2 is 1.81 bits per heavy atom. The molecule has 3 aromatic rings. The molecule has 8 heteroatoms. The number of aromatic nitrogens is 2. The number of carbonyl (C=O) groups excluding carboxylic acids is 1. The molecule has 1 aromatic heterocycles. The SMILES string of the molecule is O=C(c1nn(-c2cccc(C(F)(F)F)c2)c2c1CC(NCCc1ccccc1)CC2)N1CCCCC1. The van der Waals surface area contributed by atoms with Crippen LogP contribution in [-0.2, 0) is 25.4 Å². The topological polar surface area (TPSA) is 50.2 Å². The van der Waals surface area contributed by atoms with Crippen molar-refractivity contribution in [2.24, 2.45) is 0 Å². The van der Waals surface area contributed by atoms with E-state index in [2.05, 4.69) is 22.5 Å². The smallest absolute Gasteiger partial charge is 0.337 e. The van der Waals surface area contributed by atoms with E-state index in [9.17, 15) is 18.0 Å². The molecule has 1 atom stereocenters. The number of benzene rings is 2. The first-order valence-electron chi connectivity index (χ1n) is 12.7. The minimum Gasteiger partial charge on any atom is -0.337 e. The molecule has 1 fully saturated rings. The molecule has 2 aliphatic rings. The van der Waals surface area contributed by atoms with E-state index in [-0.39, 0.29) is 11.9 Å². The van der Waals surface area contributed by atoms with E-state index in [0.29, 0.717) is 37.3 Å². The van der Waals surface area contributed by atoms with Crippen molar-refractivity contribution in [3.05, 3.63) is 82.7 Å². The van der Waals surface area contributed by atoms with Gasteiger partial charge in [0.05, 0.1) is 11.3 Å². The zero-order valence-electron chi connectivity index (χ0n) is 20.2. The summed E-state index contributed by atoms with van der Waals surface area (Å²) in [5, 5.41) is 8.28. The molecule has 36 heavy (non-hydrogen) atoms. The highest BCUT2D eigenvalue weighted by atomic mass is 19.4. The summed E-state index contributed by atoms with van der Waals surface area (Å²) < 4.78 is 41.7. The van der Waals surface area contributed by atoms with Crippen molar-refractivity contribution in [3.8, 4) is 5.69 Å². The zero-order valence-corrected chi connectivity index (χ0v) is 20.2.